The average molecular weight is 247 g/mol. The smallest absolute Gasteiger partial charge is 0.142 e. The second-order valence-electron chi connectivity index (χ2n) is 5.03. The molecule has 0 heterocycles. The molecule has 0 aromatic rings. The van der Waals surface area contributed by atoms with Crippen LogP contribution in [-0.2, 0) is 0 Å². The standard InChI is InChI=1S/C14H32OP/c1-4-7-10-11-14-16(15,12-8-5-2)13-9-6-3/h15H,4-14H2,1-3H3/q+1. The molecule has 0 spiro atoms. The van der Waals surface area contributed by atoms with Gasteiger partial charge >= 0.3 is 0 Å². The van der Waals surface area contributed by atoms with Crippen LogP contribution in [0.15, 0.2) is 0 Å². The van der Waals surface area contributed by atoms with Gasteiger partial charge in [0.25, 0.3) is 0 Å². The Morgan fingerprint density at radius 1 is 0.625 bits per heavy atom. The predicted octanol–water partition coefficient (Wildman–Crippen LogP) is 5.09. The molecule has 0 atom stereocenters. The molecule has 0 amide bonds. The first-order valence-electron chi connectivity index (χ1n) is 7.27. The molecule has 0 aromatic carbocycles. The summed E-state index contributed by atoms with van der Waals surface area (Å²) < 4.78 is 0. The molecule has 16 heavy (non-hydrogen) atoms. The Morgan fingerprint density at radius 2 is 1.06 bits per heavy atom. The van der Waals surface area contributed by atoms with Crippen LogP contribution in [-0.4, -0.2) is 23.4 Å². The number of hydrogen-bond acceptors (Lipinski definition) is 1. The van der Waals surface area contributed by atoms with E-state index in [0.717, 1.165) is 18.5 Å². The second-order valence-corrected chi connectivity index (χ2v) is 8.57. The SMILES string of the molecule is CCCCCC[P+](O)(CCCC)CCCC. The summed E-state index contributed by atoms with van der Waals surface area (Å²) in [6.45, 7) is 6.69. The summed E-state index contributed by atoms with van der Waals surface area (Å²) in [6, 6.07) is 0. The van der Waals surface area contributed by atoms with Crippen LogP contribution in [0.1, 0.15) is 72.1 Å². The van der Waals surface area contributed by atoms with Gasteiger partial charge in [-0.05, 0) is 25.7 Å². The number of hydrogen-bond donors (Lipinski definition) is 1. The molecule has 0 aromatic heterocycles. The number of unbranched alkanes of at least 4 members (excludes halogenated alkanes) is 5. The summed E-state index contributed by atoms with van der Waals surface area (Å²) in [5.74, 6) is 0. The van der Waals surface area contributed by atoms with Crippen molar-refractivity contribution >= 4 is 7.49 Å². The van der Waals surface area contributed by atoms with Crippen LogP contribution in [0, 0.1) is 0 Å². The van der Waals surface area contributed by atoms with E-state index < -0.39 is 7.49 Å². The molecular formula is C14H32OP+. The van der Waals surface area contributed by atoms with Gasteiger partial charge in [-0.3, -0.25) is 4.89 Å². The van der Waals surface area contributed by atoms with Crippen LogP contribution in [0.3, 0.4) is 0 Å². The largest absolute Gasteiger partial charge is 0.252 e. The van der Waals surface area contributed by atoms with Gasteiger partial charge in [0.1, 0.15) is 7.49 Å². The van der Waals surface area contributed by atoms with E-state index in [1.165, 1.54) is 51.4 Å². The highest BCUT2D eigenvalue weighted by Gasteiger charge is 2.32. The minimum Gasteiger partial charge on any atom is -0.252 e. The number of rotatable bonds is 11. The molecule has 0 saturated heterocycles. The molecule has 0 saturated carbocycles. The summed E-state index contributed by atoms with van der Waals surface area (Å²) >= 11 is 0. The lowest BCUT2D eigenvalue weighted by atomic mass is 10.2. The van der Waals surface area contributed by atoms with Gasteiger partial charge in [-0.15, -0.1) is 0 Å². The second kappa shape index (κ2) is 10.5. The average Bonchev–Trinajstić information content (AvgIpc) is 2.30. The highest BCUT2D eigenvalue weighted by molar-refractivity contribution is 7.70. The van der Waals surface area contributed by atoms with E-state index in [0.29, 0.717) is 0 Å². The Labute approximate surface area is 103 Å². The van der Waals surface area contributed by atoms with Crippen LogP contribution in [0.4, 0.5) is 0 Å². The quantitative estimate of drug-likeness (QED) is 0.398. The fourth-order valence-corrected chi connectivity index (χ4v) is 5.37. The van der Waals surface area contributed by atoms with Crippen molar-refractivity contribution in [1.82, 2.24) is 0 Å². The normalized spacial score (nSPS) is 12.0. The summed E-state index contributed by atoms with van der Waals surface area (Å²) in [5, 5.41) is 0. The van der Waals surface area contributed by atoms with Gasteiger partial charge in [0.15, 0.2) is 0 Å². The summed E-state index contributed by atoms with van der Waals surface area (Å²) in [5.41, 5.74) is 0. The van der Waals surface area contributed by atoms with Gasteiger partial charge in [-0.1, -0.05) is 46.5 Å². The van der Waals surface area contributed by atoms with E-state index in [2.05, 4.69) is 20.8 Å². The predicted molar refractivity (Wildman–Crippen MR) is 77.7 cm³/mol. The van der Waals surface area contributed by atoms with Crippen LogP contribution in [0.2, 0.25) is 0 Å². The van der Waals surface area contributed by atoms with Crippen molar-refractivity contribution in [3.05, 3.63) is 0 Å². The Kier molecular flexibility index (Phi) is 10.8. The molecule has 0 aliphatic heterocycles. The fraction of sp³-hybridized carbons (Fsp3) is 1.00. The lowest BCUT2D eigenvalue weighted by molar-refractivity contribution is 0.577. The monoisotopic (exact) mass is 247 g/mol. The molecule has 2 heteroatoms. The third kappa shape index (κ3) is 8.53. The van der Waals surface area contributed by atoms with Crippen LogP contribution >= 0.6 is 7.49 Å². The van der Waals surface area contributed by atoms with E-state index in [1.807, 2.05) is 0 Å². The lowest BCUT2D eigenvalue weighted by Gasteiger charge is -2.20. The van der Waals surface area contributed by atoms with Crippen molar-refractivity contribution in [2.75, 3.05) is 18.5 Å². The molecule has 98 valence electrons. The zero-order chi connectivity index (χ0) is 12.3. The molecule has 0 unspecified atom stereocenters. The molecule has 0 aliphatic rings. The summed E-state index contributed by atoms with van der Waals surface area (Å²) in [7, 11) is -1.54. The Balaban J connectivity index is 3.86. The lowest BCUT2D eigenvalue weighted by Crippen LogP contribution is -2.07. The van der Waals surface area contributed by atoms with Gasteiger partial charge in [-0.2, -0.15) is 0 Å². The van der Waals surface area contributed by atoms with Crippen LogP contribution in [0.5, 0.6) is 0 Å². The maximum absolute atomic E-state index is 10.7. The van der Waals surface area contributed by atoms with E-state index in [9.17, 15) is 4.89 Å². The third-order valence-electron chi connectivity index (χ3n) is 3.28. The highest BCUT2D eigenvalue weighted by atomic mass is 31.2. The maximum Gasteiger partial charge on any atom is 0.142 e. The van der Waals surface area contributed by atoms with E-state index >= 15 is 0 Å². The van der Waals surface area contributed by atoms with Crippen molar-refractivity contribution in [3.8, 4) is 0 Å². The Morgan fingerprint density at radius 3 is 1.50 bits per heavy atom. The maximum atomic E-state index is 10.7. The molecule has 1 N–H and O–H groups in total. The van der Waals surface area contributed by atoms with Gasteiger partial charge in [-0.25, -0.2) is 0 Å². The van der Waals surface area contributed by atoms with Gasteiger partial charge in [0.2, 0.25) is 0 Å². The van der Waals surface area contributed by atoms with Crippen molar-refractivity contribution in [3.63, 3.8) is 0 Å². The molecule has 0 aliphatic carbocycles. The first-order chi connectivity index (χ1) is 7.68. The zero-order valence-electron chi connectivity index (χ0n) is 11.7. The van der Waals surface area contributed by atoms with Crippen LogP contribution < -0.4 is 0 Å². The summed E-state index contributed by atoms with van der Waals surface area (Å²) in [4.78, 5) is 10.7. The van der Waals surface area contributed by atoms with E-state index in [4.69, 9.17) is 0 Å². The third-order valence-corrected chi connectivity index (χ3v) is 6.73. The van der Waals surface area contributed by atoms with E-state index in [-0.39, 0.29) is 0 Å². The zero-order valence-corrected chi connectivity index (χ0v) is 12.6. The van der Waals surface area contributed by atoms with Crippen molar-refractivity contribution in [1.29, 1.82) is 0 Å². The van der Waals surface area contributed by atoms with Crippen molar-refractivity contribution in [2.45, 2.75) is 72.1 Å². The molecule has 0 bridgehead atoms. The topological polar surface area (TPSA) is 20.2 Å². The summed E-state index contributed by atoms with van der Waals surface area (Å²) in [6.07, 6.45) is 13.5. The van der Waals surface area contributed by atoms with Crippen molar-refractivity contribution < 1.29 is 4.89 Å². The van der Waals surface area contributed by atoms with Gasteiger partial charge in [0, 0.05) is 0 Å². The molecule has 0 rings (SSSR count). The minimum absolute atomic E-state index is 1.12. The first kappa shape index (κ1) is 16.4. The fourth-order valence-electron chi connectivity index (χ4n) is 2.07. The molecular weight excluding hydrogens is 215 g/mol. The van der Waals surface area contributed by atoms with E-state index in [1.54, 1.807) is 0 Å². The van der Waals surface area contributed by atoms with Crippen LogP contribution in [0.25, 0.3) is 0 Å². The molecule has 1 nitrogen and oxygen atoms in total. The minimum atomic E-state index is -1.54. The van der Waals surface area contributed by atoms with Gasteiger partial charge < -0.3 is 0 Å². The van der Waals surface area contributed by atoms with Gasteiger partial charge in [0.05, 0.1) is 18.5 Å². The Bertz CT molecular complexity index is 140. The first-order valence-corrected chi connectivity index (χ1v) is 9.57. The Hall–Kier alpha value is 0.390. The van der Waals surface area contributed by atoms with Crippen molar-refractivity contribution in [2.24, 2.45) is 0 Å². The molecule has 0 fully saturated rings. The molecule has 0 radical (unpaired) electrons. The highest BCUT2D eigenvalue weighted by Crippen LogP contribution is 2.56.